The summed E-state index contributed by atoms with van der Waals surface area (Å²) in [4.78, 5) is 13.3. The Bertz CT molecular complexity index is 1150. The molecule has 0 aliphatic heterocycles. The minimum Gasteiger partial charge on any atom is -0.473 e. The van der Waals surface area contributed by atoms with Crippen molar-refractivity contribution in [3.63, 3.8) is 0 Å². The van der Waals surface area contributed by atoms with E-state index < -0.39 is 17.2 Å². The van der Waals surface area contributed by atoms with Crippen molar-refractivity contribution in [1.82, 2.24) is 9.61 Å². The highest BCUT2D eigenvalue weighted by Gasteiger charge is 2.34. The Morgan fingerprint density at radius 2 is 1.97 bits per heavy atom. The van der Waals surface area contributed by atoms with Gasteiger partial charge in [0, 0.05) is 23.9 Å². The van der Waals surface area contributed by atoms with Crippen LogP contribution in [0.2, 0.25) is 0 Å². The molecule has 1 aliphatic carbocycles. The summed E-state index contributed by atoms with van der Waals surface area (Å²) in [7, 11) is 0. The number of aryl methyl sites for hydroxylation is 1. The molecule has 1 aliphatic rings. The van der Waals surface area contributed by atoms with Crippen molar-refractivity contribution in [1.29, 1.82) is 0 Å². The van der Waals surface area contributed by atoms with Crippen LogP contribution in [0.3, 0.4) is 0 Å². The van der Waals surface area contributed by atoms with Crippen LogP contribution < -0.4 is 10.5 Å². The zero-order valence-electron chi connectivity index (χ0n) is 18.8. The van der Waals surface area contributed by atoms with Gasteiger partial charge in [0.2, 0.25) is 5.88 Å². The lowest BCUT2D eigenvalue weighted by Crippen LogP contribution is -2.35. The van der Waals surface area contributed by atoms with Gasteiger partial charge >= 0.3 is 0 Å². The fraction of sp³-hybridized carbons (Fsp3) is 0.440. The van der Waals surface area contributed by atoms with E-state index >= 15 is 0 Å². The Morgan fingerprint density at radius 1 is 1.28 bits per heavy atom. The molecule has 0 radical (unpaired) electrons. The van der Waals surface area contributed by atoms with Crippen LogP contribution in [0.1, 0.15) is 79.0 Å². The molecule has 0 bridgehead atoms. The molecule has 0 saturated heterocycles. The van der Waals surface area contributed by atoms with E-state index in [0.717, 1.165) is 30.5 Å². The van der Waals surface area contributed by atoms with E-state index in [9.17, 15) is 13.6 Å². The van der Waals surface area contributed by atoms with E-state index in [1.807, 2.05) is 26.8 Å². The highest BCUT2D eigenvalue weighted by molar-refractivity contribution is 6.04. The average Bonchev–Trinajstić information content (AvgIpc) is 3.52. The standard InChI is InChI=1S/C25H29F2N3O2/c1-4-25(3,28)11-10-21(31)23-20-12-15(2)13-22(30(20)29-24(23)16-8-9-16)32-14-17-18(26)6-5-7-19(17)27/h5-7,12-13,16H,4,8-11,14,28H2,1-3H3. The molecule has 3 aromatic rings. The van der Waals surface area contributed by atoms with Gasteiger partial charge in [0.25, 0.3) is 0 Å². The number of carbonyl (C=O) groups is 1. The highest BCUT2D eigenvalue weighted by atomic mass is 19.1. The number of carbonyl (C=O) groups excluding carboxylic acids is 1. The molecule has 0 spiro atoms. The first-order chi connectivity index (χ1) is 15.2. The summed E-state index contributed by atoms with van der Waals surface area (Å²) in [6, 6.07) is 7.38. The molecule has 1 fully saturated rings. The zero-order chi connectivity index (χ0) is 23.0. The first kappa shape index (κ1) is 22.4. The molecule has 4 rings (SSSR count). The average molecular weight is 442 g/mol. The number of fused-ring (bicyclic) bond motifs is 1. The number of ether oxygens (including phenoxy) is 1. The summed E-state index contributed by atoms with van der Waals surface area (Å²) in [5, 5.41) is 4.71. The van der Waals surface area contributed by atoms with Crippen molar-refractivity contribution in [2.45, 2.75) is 70.9 Å². The molecular formula is C25H29F2N3O2. The number of nitrogens with zero attached hydrogens (tertiary/aromatic N) is 2. The second-order valence-electron chi connectivity index (χ2n) is 9.12. The fourth-order valence-electron chi connectivity index (χ4n) is 3.81. The molecule has 2 N–H and O–H groups in total. The molecule has 7 heteroatoms. The van der Waals surface area contributed by atoms with Gasteiger partial charge in [-0.15, -0.1) is 0 Å². The Kier molecular flexibility index (Phi) is 6.03. The Hall–Kier alpha value is -2.80. The second-order valence-corrected chi connectivity index (χ2v) is 9.12. The van der Waals surface area contributed by atoms with Gasteiger partial charge in [-0.05, 0) is 63.3 Å². The molecule has 2 heterocycles. The summed E-state index contributed by atoms with van der Waals surface area (Å²) in [6.45, 7) is 5.58. The van der Waals surface area contributed by atoms with Crippen molar-refractivity contribution in [2.24, 2.45) is 5.73 Å². The van der Waals surface area contributed by atoms with E-state index in [2.05, 4.69) is 0 Å². The van der Waals surface area contributed by atoms with Crippen LogP contribution in [0, 0.1) is 18.6 Å². The molecule has 1 aromatic carbocycles. The van der Waals surface area contributed by atoms with Crippen LogP contribution in [-0.2, 0) is 6.61 Å². The predicted molar refractivity (Wildman–Crippen MR) is 119 cm³/mol. The predicted octanol–water partition coefficient (Wildman–Crippen LogP) is 5.47. The second kappa shape index (κ2) is 8.62. The number of hydrogen-bond donors (Lipinski definition) is 1. The summed E-state index contributed by atoms with van der Waals surface area (Å²) in [6.07, 6.45) is 3.69. The maximum Gasteiger partial charge on any atom is 0.215 e. The largest absolute Gasteiger partial charge is 0.473 e. The van der Waals surface area contributed by atoms with E-state index in [-0.39, 0.29) is 23.9 Å². The summed E-state index contributed by atoms with van der Waals surface area (Å²) < 4.78 is 35.5. The third-order valence-corrected chi connectivity index (χ3v) is 6.27. The van der Waals surface area contributed by atoms with Crippen molar-refractivity contribution in [3.8, 4) is 5.88 Å². The number of aromatic nitrogens is 2. The number of rotatable bonds is 9. The number of nitrogens with two attached hydrogens (primary N) is 1. The minimum atomic E-state index is -0.662. The van der Waals surface area contributed by atoms with Gasteiger partial charge in [0.05, 0.1) is 22.3 Å². The maximum atomic E-state index is 14.0. The van der Waals surface area contributed by atoms with Crippen molar-refractivity contribution in [2.75, 3.05) is 0 Å². The Balaban J connectivity index is 1.70. The van der Waals surface area contributed by atoms with E-state index in [0.29, 0.717) is 29.8 Å². The van der Waals surface area contributed by atoms with Crippen LogP contribution in [0.25, 0.3) is 5.52 Å². The molecule has 170 valence electrons. The molecule has 1 saturated carbocycles. The lowest BCUT2D eigenvalue weighted by atomic mass is 9.91. The minimum absolute atomic E-state index is 0.0173. The van der Waals surface area contributed by atoms with Crippen LogP contribution in [0.15, 0.2) is 30.3 Å². The number of hydrogen-bond acceptors (Lipinski definition) is 4. The van der Waals surface area contributed by atoms with Gasteiger partial charge in [-0.25, -0.2) is 13.3 Å². The van der Waals surface area contributed by atoms with Gasteiger partial charge in [0.15, 0.2) is 5.78 Å². The lowest BCUT2D eigenvalue weighted by Gasteiger charge is -2.21. The van der Waals surface area contributed by atoms with Crippen LogP contribution in [0.5, 0.6) is 5.88 Å². The van der Waals surface area contributed by atoms with Gasteiger partial charge in [-0.2, -0.15) is 5.10 Å². The number of ketones is 1. The Morgan fingerprint density at radius 3 is 2.59 bits per heavy atom. The van der Waals surface area contributed by atoms with E-state index in [1.54, 1.807) is 10.6 Å². The molecule has 1 atom stereocenters. The maximum absolute atomic E-state index is 14.0. The third kappa shape index (κ3) is 4.53. The first-order valence-corrected chi connectivity index (χ1v) is 11.1. The zero-order valence-corrected chi connectivity index (χ0v) is 18.8. The molecular weight excluding hydrogens is 412 g/mol. The van der Waals surface area contributed by atoms with Crippen LogP contribution >= 0.6 is 0 Å². The van der Waals surface area contributed by atoms with Crippen molar-refractivity contribution < 1.29 is 18.3 Å². The molecule has 1 unspecified atom stereocenters. The topological polar surface area (TPSA) is 69.6 Å². The van der Waals surface area contributed by atoms with Crippen molar-refractivity contribution in [3.05, 3.63) is 64.4 Å². The monoisotopic (exact) mass is 441 g/mol. The fourth-order valence-corrected chi connectivity index (χ4v) is 3.81. The SMILES string of the molecule is CCC(C)(N)CCC(=O)c1c(C2CC2)nn2c(OCc3c(F)cccc3F)cc(C)cc12. The Labute approximate surface area is 186 Å². The lowest BCUT2D eigenvalue weighted by molar-refractivity contribution is 0.0971. The van der Waals surface area contributed by atoms with Crippen molar-refractivity contribution >= 4 is 11.3 Å². The van der Waals surface area contributed by atoms with Gasteiger partial charge in [-0.1, -0.05) is 13.0 Å². The highest BCUT2D eigenvalue weighted by Crippen LogP contribution is 2.43. The first-order valence-electron chi connectivity index (χ1n) is 11.1. The summed E-state index contributed by atoms with van der Waals surface area (Å²) in [5.74, 6) is -0.708. The normalized spacial score (nSPS) is 15.7. The number of benzene rings is 1. The molecule has 2 aromatic heterocycles. The van der Waals surface area contributed by atoms with Gasteiger partial charge in [-0.3, -0.25) is 4.79 Å². The number of Topliss-reactive ketones (excluding diaryl/α,β-unsaturated/α-hetero) is 1. The molecule has 0 amide bonds. The van der Waals surface area contributed by atoms with Crippen LogP contribution in [-0.4, -0.2) is 20.9 Å². The van der Waals surface area contributed by atoms with Crippen LogP contribution in [0.4, 0.5) is 8.78 Å². The van der Waals surface area contributed by atoms with Gasteiger partial charge in [0.1, 0.15) is 18.2 Å². The van der Waals surface area contributed by atoms with Gasteiger partial charge < -0.3 is 10.5 Å². The van der Waals surface area contributed by atoms with E-state index in [4.69, 9.17) is 15.6 Å². The molecule has 32 heavy (non-hydrogen) atoms. The van der Waals surface area contributed by atoms with E-state index in [1.165, 1.54) is 18.2 Å². The number of halogens is 2. The third-order valence-electron chi connectivity index (χ3n) is 6.27. The number of pyridine rings is 1. The quantitative estimate of drug-likeness (QED) is 0.447. The summed E-state index contributed by atoms with van der Waals surface area (Å²) in [5.41, 5.74) is 8.64. The summed E-state index contributed by atoms with van der Waals surface area (Å²) >= 11 is 0. The molecule has 5 nitrogen and oxygen atoms in total. The smallest absolute Gasteiger partial charge is 0.215 e.